The lowest BCUT2D eigenvalue weighted by molar-refractivity contribution is -0.144. The standard InChI is InChI=1S/C8H9BrF2N2O3S/c9-3-2-17-7(13-3)6(5(12)8(14)15)16-1-4(10)11/h2,4-6H,1,12H2,(H,14,15). The third-order valence-corrected chi connectivity index (χ3v) is 3.37. The lowest BCUT2D eigenvalue weighted by atomic mass is 10.2. The van der Waals surface area contributed by atoms with Crippen molar-refractivity contribution in [2.45, 2.75) is 18.6 Å². The van der Waals surface area contributed by atoms with Crippen molar-refractivity contribution >= 4 is 33.2 Å². The Balaban J connectivity index is 2.82. The Morgan fingerprint density at radius 2 is 2.35 bits per heavy atom. The zero-order chi connectivity index (χ0) is 13.0. The third-order valence-electron chi connectivity index (χ3n) is 1.75. The maximum atomic E-state index is 12.0. The number of carboxylic acids is 1. The first-order valence-corrected chi connectivity index (χ1v) is 6.08. The molecule has 0 amide bonds. The lowest BCUT2D eigenvalue weighted by Crippen LogP contribution is -2.38. The number of nitrogens with two attached hydrogens (primary N) is 1. The van der Waals surface area contributed by atoms with E-state index in [1.807, 2.05) is 0 Å². The summed E-state index contributed by atoms with van der Waals surface area (Å²) in [6.45, 7) is -0.886. The molecule has 0 radical (unpaired) electrons. The predicted molar refractivity (Wildman–Crippen MR) is 60.1 cm³/mol. The summed E-state index contributed by atoms with van der Waals surface area (Å²) in [7, 11) is 0. The molecule has 9 heteroatoms. The minimum absolute atomic E-state index is 0.243. The molecule has 1 aromatic heterocycles. The molecule has 17 heavy (non-hydrogen) atoms. The maximum absolute atomic E-state index is 12.0. The van der Waals surface area contributed by atoms with Crippen LogP contribution in [-0.2, 0) is 9.53 Å². The quantitative estimate of drug-likeness (QED) is 0.828. The number of ether oxygens (including phenoxy) is 1. The number of aliphatic carboxylic acids is 1. The van der Waals surface area contributed by atoms with E-state index < -0.39 is 31.1 Å². The fourth-order valence-electron chi connectivity index (χ4n) is 1.03. The molecular weight excluding hydrogens is 322 g/mol. The Morgan fingerprint density at radius 3 is 2.76 bits per heavy atom. The van der Waals surface area contributed by atoms with Crippen LogP contribution in [-0.4, -0.2) is 35.1 Å². The van der Waals surface area contributed by atoms with Gasteiger partial charge in [-0.3, -0.25) is 4.79 Å². The molecule has 0 saturated carbocycles. The third kappa shape index (κ3) is 4.26. The number of nitrogens with zero attached hydrogens (tertiary/aromatic N) is 1. The summed E-state index contributed by atoms with van der Waals surface area (Å²) in [6, 6.07) is -1.44. The van der Waals surface area contributed by atoms with Crippen molar-refractivity contribution in [2.24, 2.45) is 5.73 Å². The maximum Gasteiger partial charge on any atom is 0.323 e. The molecule has 2 atom stereocenters. The summed E-state index contributed by atoms with van der Waals surface area (Å²) < 4.78 is 29.4. The SMILES string of the molecule is NC(C(=O)O)C(OCC(F)F)c1nc(Br)cs1. The molecule has 0 aliphatic heterocycles. The van der Waals surface area contributed by atoms with Crippen LogP contribution < -0.4 is 5.73 Å². The van der Waals surface area contributed by atoms with Crippen molar-refractivity contribution in [3.8, 4) is 0 Å². The summed E-state index contributed by atoms with van der Waals surface area (Å²) >= 11 is 4.16. The van der Waals surface area contributed by atoms with Gasteiger partial charge in [0.25, 0.3) is 6.43 Å². The monoisotopic (exact) mass is 330 g/mol. The second-order valence-corrected chi connectivity index (χ2v) is 4.72. The summed E-state index contributed by atoms with van der Waals surface area (Å²) in [5.41, 5.74) is 5.37. The van der Waals surface area contributed by atoms with Crippen molar-refractivity contribution in [3.05, 3.63) is 15.0 Å². The Morgan fingerprint density at radius 1 is 1.71 bits per heavy atom. The van der Waals surface area contributed by atoms with Crippen LogP contribution in [0.2, 0.25) is 0 Å². The highest BCUT2D eigenvalue weighted by molar-refractivity contribution is 9.10. The number of alkyl halides is 2. The van der Waals surface area contributed by atoms with E-state index >= 15 is 0 Å². The molecule has 0 bridgehead atoms. The number of carbonyl (C=O) groups is 1. The van der Waals surface area contributed by atoms with Crippen molar-refractivity contribution in [3.63, 3.8) is 0 Å². The molecular formula is C8H9BrF2N2O3S. The van der Waals surface area contributed by atoms with E-state index in [0.29, 0.717) is 4.60 Å². The molecule has 0 aromatic carbocycles. The van der Waals surface area contributed by atoms with E-state index in [0.717, 1.165) is 11.3 Å². The number of hydrogen-bond donors (Lipinski definition) is 2. The van der Waals surface area contributed by atoms with Gasteiger partial charge in [-0.25, -0.2) is 13.8 Å². The fourth-order valence-corrected chi connectivity index (χ4v) is 2.39. The van der Waals surface area contributed by atoms with E-state index in [2.05, 4.69) is 20.9 Å². The molecule has 1 rings (SSSR count). The first-order valence-electron chi connectivity index (χ1n) is 4.41. The van der Waals surface area contributed by atoms with Crippen LogP contribution in [0.25, 0.3) is 0 Å². The highest BCUT2D eigenvalue weighted by atomic mass is 79.9. The van der Waals surface area contributed by atoms with E-state index in [1.165, 1.54) is 0 Å². The van der Waals surface area contributed by atoms with Gasteiger partial charge in [-0.2, -0.15) is 0 Å². The van der Waals surface area contributed by atoms with Crippen molar-refractivity contribution < 1.29 is 23.4 Å². The predicted octanol–water partition coefficient (Wildman–Crippen LogP) is 1.64. The normalized spacial score (nSPS) is 14.9. The summed E-state index contributed by atoms with van der Waals surface area (Å²) in [6.07, 6.45) is -3.88. The molecule has 0 aliphatic carbocycles. The molecule has 0 saturated heterocycles. The first kappa shape index (κ1) is 14.4. The van der Waals surface area contributed by atoms with Gasteiger partial charge in [0.15, 0.2) is 0 Å². The number of aromatic nitrogens is 1. The Bertz CT molecular complexity index is 391. The van der Waals surface area contributed by atoms with Crippen LogP contribution in [0.3, 0.4) is 0 Å². The fraction of sp³-hybridized carbons (Fsp3) is 0.500. The smallest absolute Gasteiger partial charge is 0.323 e. The van der Waals surface area contributed by atoms with Gasteiger partial charge in [0.1, 0.15) is 28.4 Å². The zero-order valence-corrected chi connectivity index (χ0v) is 10.7. The van der Waals surface area contributed by atoms with E-state index in [-0.39, 0.29) is 5.01 Å². The second-order valence-electron chi connectivity index (χ2n) is 3.02. The molecule has 5 nitrogen and oxygen atoms in total. The Kier molecular flexibility index (Phi) is 5.37. The number of rotatable bonds is 6. The summed E-state index contributed by atoms with van der Waals surface area (Å²) in [4.78, 5) is 14.7. The molecule has 0 spiro atoms. The molecule has 96 valence electrons. The van der Waals surface area contributed by atoms with E-state index in [4.69, 9.17) is 15.6 Å². The van der Waals surface area contributed by atoms with Crippen LogP contribution in [0.4, 0.5) is 8.78 Å². The lowest BCUT2D eigenvalue weighted by Gasteiger charge is -2.18. The molecule has 1 heterocycles. The van der Waals surface area contributed by atoms with Gasteiger partial charge >= 0.3 is 5.97 Å². The highest BCUT2D eigenvalue weighted by Crippen LogP contribution is 2.26. The van der Waals surface area contributed by atoms with Crippen LogP contribution in [0.1, 0.15) is 11.1 Å². The molecule has 3 N–H and O–H groups in total. The van der Waals surface area contributed by atoms with Crippen LogP contribution in [0.15, 0.2) is 9.98 Å². The van der Waals surface area contributed by atoms with Gasteiger partial charge in [0, 0.05) is 5.38 Å². The van der Waals surface area contributed by atoms with E-state index in [9.17, 15) is 13.6 Å². The number of hydrogen-bond acceptors (Lipinski definition) is 5. The van der Waals surface area contributed by atoms with Gasteiger partial charge in [0.2, 0.25) is 0 Å². The zero-order valence-electron chi connectivity index (χ0n) is 8.35. The highest BCUT2D eigenvalue weighted by Gasteiger charge is 2.30. The van der Waals surface area contributed by atoms with Gasteiger partial charge in [-0.1, -0.05) is 0 Å². The van der Waals surface area contributed by atoms with Crippen LogP contribution in [0.5, 0.6) is 0 Å². The number of halogens is 3. The van der Waals surface area contributed by atoms with E-state index in [1.54, 1.807) is 5.38 Å². The Labute approximate surface area is 108 Å². The molecule has 1 aromatic rings. The van der Waals surface area contributed by atoms with Gasteiger partial charge in [-0.05, 0) is 15.9 Å². The minimum atomic E-state index is -2.69. The molecule has 0 aliphatic rings. The average Bonchev–Trinajstić information content (AvgIpc) is 2.64. The average molecular weight is 331 g/mol. The van der Waals surface area contributed by atoms with Crippen LogP contribution >= 0.6 is 27.3 Å². The second kappa shape index (κ2) is 6.34. The number of thiazole rings is 1. The van der Waals surface area contributed by atoms with Crippen molar-refractivity contribution in [2.75, 3.05) is 6.61 Å². The van der Waals surface area contributed by atoms with Gasteiger partial charge in [-0.15, -0.1) is 11.3 Å². The minimum Gasteiger partial charge on any atom is -0.480 e. The first-order chi connectivity index (χ1) is 7.91. The van der Waals surface area contributed by atoms with Gasteiger partial charge in [0.05, 0.1) is 0 Å². The molecule has 2 unspecified atom stereocenters. The summed E-state index contributed by atoms with van der Waals surface area (Å²) in [5.74, 6) is -1.34. The Hall–Kier alpha value is -0.640. The van der Waals surface area contributed by atoms with Gasteiger partial charge < -0.3 is 15.6 Å². The van der Waals surface area contributed by atoms with Crippen molar-refractivity contribution in [1.82, 2.24) is 4.98 Å². The number of carboxylic acid groups (broad SMARTS) is 1. The summed E-state index contributed by atoms with van der Waals surface area (Å²) in [5, 5.41) is 10.6. The largest absolute Gasteiger partial charge is 0.480 e. The van der Waals surface area contributed by atoms with Crippen molar-refractivity contribution in [1.29, 1.82) is 0 Å². The molecule has 0 fully saturated rings. The van der Waals surface area contributed by atoms with Crippen LogP contribution in [0, 0.1) is 0 Å². The topological polar surface area (TPSA) is 85.4 Å².